The minimum atomic E-state index is -0.647. The third kappa shape index (κ3) is 4.89. The molecule has 0 bridgehead atoms. The van der Waals surface area contributed by atoms with E-state index in [0.717, 1.165) is 44.8 Å². The lowest BCUT2D eigenvalue weighted by molar-refractivity contribution is -0.158. The van der Waals surface area contributed by atoms with Gasteiger partial charge in [0.25, 0.3) is 5.91 Å². The lowest BCUT2D eigenvalue weighted by Crippen LogP contribution is -2.59. The minimum Gasteiger partial charge on any atom is -0.368 e. The number of carbonyl (C=O) groups is 1. The van der Waals surface area contributed by atoms with Crippen LogP contribution >= 0.6 is 36.4 Å². The lowest BCUT2D eigenvalue weighted by atomic mass is 9.90. The number of piperazine rings is 1. The number of rotatable bonds is 3. The molecule has 0 unspecified atom stereocenters. The van der Waals surface area contributed by atoms with Gasteiger partial charge in [-0.1, -0.05) is 11.6 Å². The summed E-state index contributed by atoms with van der Waals surface area (Å²) in [6, 6.07) is 3.76. The molecule has 0 saturated carbocycles. The fourth-order valence-corrected chi connectivity index (χ4v) is 3.43. The third-order valence-electron chi connectivity index (χ3n) is 4.79. The predicted molar refractivity (Wildman–Crippen MR) is 104 cm³/mol. The Morgan fingerprint density at radius 1 is 1.20 bits per heavy atom. The summed E-state index contributed by atoms with van der Waals surface area (Å²) >= 11 is 5.88. The second-order valence-corrected chi connectivity index (χ2v) is 6.50. The van der Waals surface area contributed by atoms with Crippen LogP contribution in [0.4, 0.5) is 5.82 Å². The van der Waals surface area contributed by atoms with Crippen LogP contribution in [0.25, 0.3) is 0 Å². The molecule has 9 heteroatoms. The first kappa shape index (κ1) is 22.3. The molecule has 0 atom stereocenters. The maximum atomic E-state index is 12.9. The molecule has 3 rings (SSSR count). The molecule has 0 aliphatic carbocycles. The maximum absolute atomic E-state index is 12.9. The highest BCUT2D eigenvalue weighted by atomic mass is 35.5. The van der Waals surface area contributed by atoms with Crippen LogP contribution in [0, 0.1) is 0 Å². The molecule has 1 amide bonds. The average molecular weight is 412 g/mol. The molecule has 1 aromatic heterocycles. The number of anilines is 1. The first-order valence-electron chi connectivity index (χ1n) is 8.06. The van der Waals surface area contributed by atoms with E-state index in [0.29, 0.717) is 18.1 Å². The van der Waals surface area contributed by atoms with Crippen LogP contribution in [0.15, 0.2) is 18.3 Å². The van der Waals surface area contributed by atoms with Crippen molar-refractivity contribution in [2.24, 2.45) is 0 Å². The van der Waals surface area contributed by atoms with E-state index in [1.54, 1.807) is 13.3 Å². The van der Waals surface area contributed by atoms with Crippen molar-refractivity contribution >= 4 is 48.1 Å². The molecule has 2 aliphatic heterocycles. The highest BCUT2D eigenvalue weighted by molar-refractivity contribution is 6.30. The number of methoxy groups -OCH3 is 1. The number of carbonyl (C=O) groups excluding carboxylic acids is 1. The molecular formula is C16H25Cl3N4O2. The van der Waals surface area contributed by atoms with Crippen LogP contribution in [0.1, 0.15) is 12.8 Å². The van der Waals surface area contributed by atoms with E-state index >= 15 is 0 Å². The summed E-state index contributed by atoms with van der Waals surface area (Å²) in [7, 11) is 1.65. The summed E-state index contributed by atoms with van der Waals surface area (Å²) in [5, 5.41) is 3.92. The molecule has 1 aromatic rings. The van der Waals surface area contributed by atoms with E-state index in [4.69, 9.17) is 16.3 Å². The van der Waals surface area contributed by atoms with Gasteiger partial charge in [0.15, 0.2) is 0 Å². The molecule has 0 aromatic carbocycles. The van der Waals surface area contributed by atoms with Crippen LogP contribution in [0.3, 0.4) is 0 Å². The van der Waals surface area contributed by atoms with Gasteiger partial charge in [-0.15, -0.1) is 24.8 Å². The second kappa shape index (κ2) is 9.78. The molecule has 6 nitrogen and oxygen atoms in total. The smallest absolute Gasteiger partial charge is 0.255 e. The zero-order chi connectivity index (χ0) is 16.3. The van der Waals surface area contributed by atoms with Crippen molar-refractivity contribution in [1.82, 2.24) is 15.2 Å². The standard InChI is InChI=1S/C16H23ClN4O2.2ClH/c1-23-16(4-6-18-7-5-16)15(22)21-10-8-20(9-11-21)14-3-2-13(17)12-19-14;;/h2-3,12,18H,4-11H2,1H3;2*1H. The number of pyridine rings is 1. The SMILES string of the molecule is COC1(C(=O)N2CCN(c3ccc(Cl)cn3)CC2)CCNCC1.Cl.Cl. The van der Waals surface area contributed by atoms with Crippen molar-refractivity contribution in [3.63, 3.8) is 0 Å². The zero-order valence-corrected chi connectivity index (χ0v) is 16.6. The van der Waals surface area contributed by atoms with E-state index in [1.165, 1.54) is 0 Å². The van der Waals surface area contributed by atoms with Gasteiger partial charge in [0, 0.05) is 39.5 Å². The summed E-state index contributed by atoms with van der Waals surface area (Å²) in [5.41, 5.74) is -0.647. The number of aromatic nitrogens is 1. The summed E-state index contributed by atoms with van der Waals surface area (Å²) < 4.78 is 5.65. The Balaban J connectivity index is 0.00000156. The number of hydrogen-bond donors (Lipinski definition) is 1. The van der Waals surface area contributed by atoms with Crippen LogP contribution < -0.4 is 10.2 Å². The van der Waals surface area contributed by atoms with Crippen molar-refractivity contribution < 1.29 is 9.53 Å². The first-order valence-corrected chi connectivity index (χ1v) is 8.44. The van der Waals surface area contributed by atoms with Gasteiger partial charge in [-0.3, -0.25) is 4.79 Å². The highest BCUT2D eigenvalue weighted by Gasteiger charge is 2.43. The minimum absolute atomic E-state index is 0. The molecule has 2 fully saturated rings. The predicted octanol–water partition coefficient (Wildman–Crippen LogP) is 2.00. The summed E-state index contributed by atoms with van der Waals surface area (Å²) in [6.07, 6.45) is 3.13. The molecule has 3 heterocycles. The van der Waals surface area contributed by atoms with Crippen molar-refractivity contribution in [2.45, 2.75) is 18.4 Å². The number of hydrogen-bond acceptors (Lipinski definition) is 5. The van der Waals surface area contributed by atoms with E-state index in [9.17, 15) is 4.79 Å². The van der Waals surface area contributed by atoms with E-state index in [2.05, 4.69) is 15.2 Å². The quantitative estimate of drug-likeness (QED) is 0.824. The van der Waals surface area contributed by atoms with Crippen LogP contribution in [0.5, 0.6) is 0 Å². The molecule has 2 aliphatic rings. The summed E-state index contributed by atoms with van der Waals surface area (Å²) in [5.74, 6) is 1.04. The zero-order valence-electron chi connectivity index (χ0n) is 14.2. The van der Waals surface area contributed by atoms with Crippen molar-refractivity contribution in [1.29, 1.82) is 0 Å². The lowest BCUT2D eigenvalue weighted by Gasteiger charge is -2.42. The largest absolute Gasteiger partial charge is 0.368 e. The van der Waals surface area contributed by atoms with Crippen molar-refractivity contribution in [3.8, 4) is 0 Å². The molecule has 142 valence electrons. The number of halogens is 3. The van der Waals surface area contributed by atoms with Gasteiger partial charge >= 0.3 is 0 Å². The Bertz CT molecular complexity index is 545. The van der Waals surface area contributed by atoms with E-state index in [-0.39, 0.29) is 30.7 Å². The van der Waals surface area contributed by atoms with Gasteiger partial charge in [0.1, 0.15) is 11.4 Å². The van der Waals surface area contributed by atoms with Gasteiger partial charge in [-0.2, -0.15) is 0 Å². The fraction of sp³-hybridized carbons (Fsp3) is 0.625. The number of ether oxygens (including phenoxy) is 1. The first-order chi connectivity index (χ1) is 11.1. The Morgan fingerprint density at radius 2 is 1.84 bits per heavy atom. The van der Waals surface area contributed by atoms with Crippen LogP contribution in [-0.2, 0) is 9.53 Å². The van der Waals surface area contributed by atoms with Crippen molar-refractivity contribution in [3.05, 3.63) is 23.4 Å². The number of piperidine rings is 1. The number of amides is 1. The van der Waals surface area contributed by atoms with Crippen molar-refractivity contribution in [2.75, 3.05) is 51.3 Å². The van der Waals surface area contributed by atoms with Gasteiger partial charge in [0.2, 0.25) is 0 Å². The average Bonchev–Trinajstić information content (AvgIpc) is 2.62. The summed E-state index contributed by atoms with van der Waals surface area (Å²) in [6.45, 7) is 4.60. The van der Waals surface area contributed by atoms with Gasteiger partial charge < -0.3 is 19.9 Å². The maximum Gasteiger partial charge on any atom is 0.255 e. The molecule has 2 saturated heterocycles. The number of nitrogens with one attached hydrogen (secondary N) is 1. The number of nitrogens with zero attached hydrogens (tertiary/aromatic N) is 3. The molecule has 25 heavy (non-hydrogen) atoms. The Hall–Kier alpha value is -0.790. The van der Waals surface area contributed by atoms with Crippen LogP contribution in [-0.4, -0.2) is 67.8 Å². The summed E-state index contributed by atoms with van der Waals surface area (Å²) in [4.78, 5) is 21.4. The third-order valence-corrected chi connectivity index (χ3v) is 5.02. The van der Waals surface area contributed by atoms with Gasteiger partial charge in [-0.25, -0.2) is 4.98 Å². The molecule has 0 spiro atoms. The molecule has 0 radical (unpaired) electrons. The van der Waals surface area contributed by atoms with Gasteiger partial charge in [0.05, 0.1) is 5.02 Å². The Kier molecular flexibility index (Phi) is 8.71. The Morgan fingerprint density at radius 3 is 2.36 bits per heavy atom. The van der Waals surface area contributed by atoms with E-state index in [1.807, 2.05) is 17.0 Å². The Labute approximate surface area is 166 Å². The fourth-order valence-electron chi connectivity index (χ4n) is 3.32. The van der Waals surface area contributed by atoms with E-state index < -0.39 is 5.60 Å². The molecular weight excluding hydrogens is 387 g/mol. The van der Waals surface area contributed by atoms with Crippen LogP contribution in [0.2, 0.25) is 5.02 Å². The normalized spacial score (nSPS) is 19.6. The monoisotopic (exact) mass is 410 g/mol. The second-order valence-electron chi connectivity index (χ2n) is 6.06. The molecule has 1 N–H and O–H groups in total. The van der Waals surface area contributed by atoms with Gasteiger partial charge in [-0.05, 0) is 38.1 Å². The topological polar surface area (TPSA) is 57.7 Å². The highest BCUT2D eigenvalue weighted by Crippen LogP contribution is 2.26.